The molecule has 0 fully saturated rings. The minimum absolute atomic E-state index is 0.150. The Balaban J connectivity index is 1.98. The van der Waals surface area contributed by atoms with Gasteiger partial charge in [-0.15, -0.1) is 0 Å². The van der Waals surface area contributed by atoms with Crippen molar-refractivity contribution in [1.29, 1.82) is 0 Å². The summed E-state index contributed by atoms with van der Waals surface area (Å²) in [6.45, 7) is 2.59. The van der Waals surface area contributed by atoms with Gasteiger partial charge in [0.05, 0.1) is 12.7 Å². The normalized spacial score (nSPS) is 10.2. The smallest absolute Gasteiger partial charge is 0.254 e. The molecule has 1 N–H and O–H groups in total. The molecule has 0 aliphatic heterocycles. The van der Waals surface area contributed by atoms with Crippen LogP contribution in [0.1, 0.15) is 16.1 Å². The molecule has 2 rings (SSSR count). The molecule has 0 saturated carbocycles. The maximum absolute atomic E-state index is 11.9. The van der Waals surface area contributed by atoms with Crippen LogP contribution in [0.25, 0.3) is 0 Å². The summed E-state index contributed by atoms with van der Waals surface area (Å²) in [5.74, 6) is 0.329. The fourth-order valence-electron chi connectivity index (χ4n) is 1.98. The molecule has 0 saturated heterocycles. The first kappa shape index (κ1) is 14.8. The summed E-state index contributed by atoms with van der Waals surface area (Å²) in [4.78, 5) is 27.7. The summed E-state index contributed by atoms with van der Waals surface area (Å²) in [5.41, 5.74) is 1.13. The van der Waals surface area contributed by atoms with Crippen LogP contribution < -0.4 is 15.6 Å². The number of carbonyl (C=O) groups excluding carboxylic acids is 1. The van der Waals surface area contributed by atoms with E-state index in [1.807, 2.05) is 6.92 Å². The highest BCUT2D eigenvalue weighted by molar-refractivity contribution is 5.93. The molecule has 0 radical (unpaired) electrons. The van der Waals surface area contributed by atoms with Gasteiger partial charge in [-0.3, -0.25) is 14.6 Å². The van der Waals surface area contributed by atoms with Crippen LogP contribution in [-0.2, 0) is 6.54 Å². The number of nitrogens with zero attached hydrogens (tertiary/aromatic N) is 2. The molecular weight excluding hydrogens is 270 g/mol. The van der Waals surface area contributed by atoms with Crippen molar-refractivity contribution in [1.82, 2.24) is 14.9 Å². The molecule has 0 aromatic carbocycles. The Morgan fingerprint density at radius 1 is 1.43 bits per heavy atom. The summed E-state index contributed by atoms with van der Waals surface area (Å²) in [6.07, 6.45) is 3.11. The third kappa shape index (κ3) is 3.68. The molecule has 0 bridgehead atoms. The second-order valence-corrected chi connectivity index (χ2v) is 4.52. The molecule has 1 amide bonds. The van der Waals surface area contributed by atoms with Crippen molar-refractivity contribution in [3.63, 3.8) is 0 Å². The van der Waals surface area contributed by atoms with Crippen LogP contribution in [0.2, 0.25) is 0 Å². The van der Waals surface area contributed by atoms with E-state index in [2.05, 4.69) is 10.3 Å². The Hall–Kier alpha value is -2.63. The van der Waals surface area contributed by atoms with Gasteiger partial charge in [-0.05, 0) is 25.1 Å². The molecule has 6 nitrogen and oxygen atoms in total. The van der Waals surface area contributed by atoms with Crippen molar-refractivity contribution >= 4 is 5.91 Å². The molecule has 0 unspecified atom stereocenters. The SMILES string of the molecule is COc1cc(C)n(CCNC(=O)c2cccnc2)c(=O)c1. The summed E-state index contributed by atoms with van der Waals surface area (Å²) in [7, 11) is 1.52. The van der Waals surface area contributed by atoms with E-state index in [-0.39, 0.29) is 11.5 Å². The number of nitrogens with one attached hydrogen (secondary N) is 1. The molecule has 2 aromatic heterocycles. The molecule has 2 aromatic rings. The van der Waals surface area contributed by atoms with Crippen molar-refractivity contribution in [3.8, 4) is 5.75 Å². The predicted octanol–water partition coefficient (Wildman–Crippen LogP) is 0.990. The fraction of sp³-hybridized carbons (Fsp3) is 0.267. The standard InChI is InChI=1S/C15H17N3O3/c1-11-8-13(21-2)9-14(19)18(11)7-6-17-15(20)12-4-3-5-16-10-12/h3-5,8-10H,6-7H2,1-2H3,(H,17,20). The first-order valence-corrected chi connectivity index (χ1v) is 6.55. The van der Waals surface area contributed by atoms with E-state index in [0.717, 1.165) is 5.69 Å². The minimum atomic E-state index is -0.206. The highest BCUT2D eigenvalue weighted by Crippen LogP contribution is 2.08. The number of ether oxygens (including phenoxy) is 1. The number of pyridine rings is 2. The topological polar surface area (TPSA) is 73.2 Å². The van der Waals surface area contributed by atoms with Gasteiger partial charge in [-0.2, -0.15) is 0 Å². The Morgan fingerprint density at radius 3 is 2.86 bits per heavy atom. The Labute approximate surface area is 122 Å². The van der Waals surface area contributed by atoms with E-state index in [1.54, 1.807) is 29.0 Å². The van der Waals surface area contributed by atoms with Crippen LogP contribution in [0.15, 0.2) is 41.5 Å². The third-order valence-electron chi connectivity index (χ3n) is 3.09. The van der Waals surface area contributed by atoms with Crippen molar-refractivity contribution < 1.29 is 9.53 Å². The number of methoxy groups -OCH3 is 1. The van der Waals surface area contributed by atoms with Crippen LogP contribution in [0.5, 0.6) is 5.75 Å². The number of hydrogen-bond acceptors (Lipinski definition) is 4. The van der Waals surface area contributed by atoms with Gasteiger partial charge in [0.25, 0.3) is 11.5 Å². The molecule has 0 spiro atoms. The van der Waals surface area contributed by atoms with Gasteiger partial charge < -0.3 is 14.6 Å². The maximum Gasteiger partial charge on any atom is 0.254 e. The van der Waals surface area contributed by atoms with Crippen LogP contribution in [0.3, 0.4) is 0 Å². The van der Waals surface area contributed by atoms with E-state index < -0.39 is 0 Å². The van der Waals surface area contributed by atoms with Crippen molar-refractivity contribution in [2.75, 3.05) is 13.7 Å². The average molecular weight is 287 g/mol. The fourth-order valence-corrected chi connectivity index (χ4v) is 1.98. The zero-order valence-electron chi connectivity index (χ0n) is 12.0. The predicted molar refractivity (Wildman–Crippen MR) is 78.6 cm³/mol. The molecule has 0 aliphatic rings. The van der Waals surface area contributed by atoms with Crippen molar-refractivity contribution in [3.05, 3.63) is 58.3 Å². The number of rotatable bonds is 5. The lowest BCUT2D eigenvalue weighted by Crippen LogP contribution is -2.31. The lowest BCUT2D eigenvalue weighted by Gasteiger charge is -2.11. The summed E-state index contributed by atoms with van der Waals surface area (Å²) in [5, 5.41) is 2.76. The first-order chi connectivity index (χ1) is 10.1. The van der Waals surface area contributed by atoms with Crippen molar-refractivity contribution in [2.45, 2.75) is 13.5 Å². The molecule has 21 heavy (non-hydrogen) atoms. The van der Waals surface area contributed by atoms with Gasteiger partial charge in [-0.1, -0.05) is 0 Å². The number of amides is 1. The third-order valence-corrected chi connectivity index (χ3v) is 3.09. The highest BCUT2D eigenvalue weighted by Gasteiger charge is 2.06. The molecule has 6 heteroatoms. The Bertz CT molecular complexity index is 680. The minimum Gasteiger partial charge on any atom is -0.496 e. The highest BCUT2D eigenvalue weighted by atomic mass is 16.5. The van der Waals surface area contributed by atoms with E-state index in [0.29, 0.717) is 24.4 Å². The summed E-state index contributed by atoms with van der Waals surface area (Å²) >= 11 is 0. The van der Waals surface area contributed by atoms with Gasteiger partial charge >= 0.3 is 0 Å². The number of aryl methyl sites for hydroxylation is 1. The lowest BCUT2D eigenvalue weighted by atomic mass is 10.2. The van der Waals surface area contributed by atoms with E-state index in [9.17, 15) is 9.59 Å². The summed E-state index contributed by atoms with van der Waals surface area (Å²) in [6, 6.07) is 6.60. The molecular formula is C15H17N3O3. The number of aromatic nitrogens is 2. The Morgan fingerprint density at radius 2 is 2.24 bits per heavy atom. The zero-order valence-corrected chi connectivity index (χ0v) is 12.0. The van der Waals surface area contributed by atoms with Gasteiger partial charge in [0.2, 0.25) is 0 Å². The number of hydrogen-bond donors (Lipinski definition) is 1. The van der Waals surface area contributed by atoms with Gasteiger partial charge in [0.1, 0.15) is 5.75 Å². The maximum atomic E-state index is 11.9. The monoisotopic (exact) mass is 287 g/mol. The molecule has 0 atom stereocenters. The Kier molecular flexibility index (Phi) is 4.71. The first-order valence-electron chi connectivity index (χ1n) is 6.55. The van der Waals surface area contributed by atoms with Crippen molar-refractivity contribution in [2.24, 2.45) is 0 Å². The molecule has 2 heterocycles. The van der Waals surface area contributed by atoms with E-state index in [1.165, 1.54) is 19.4 Å². The molecule has 110 valence electrons. The van der Waals surface area contributed by atoms with Crippen LogP contribution in [0.4, 0.5) is 0 Å². The van der Waals surface area contributed by atoms with Crippen LogP contribution in [0, 0.1) is 6.92 Å². The second-order valence-electron chi connectivity index (χ2n) is 4.52. The quantitative estimate of drug-likeness (QED) is 0.890. The van der Waals surface area contributed by atoms with Gasteiger partial charge in [-0.25, -0.2) is 0 Å². The molecule has 0 aliphatic carbocycles. The second kappa shape index (κ2) is 6.69. The zero-order chi connectivity index (χ0) is 15.2. The van der Waals surface area contributed by atoms with Gasteiger partial charge in [0.15, 0.2) is 0 Å². The summed E-state index contributed by atoms with van der Waals surface area (Å²) < 4.78 is 6.63. The van der Waals surface area contributed by atoms with E-state index in [4.69, 9.17) is 4.74 Å². The van der Waals surface area contributed by atoms with Gasteiger partial charge in [0, 0.05) is 37.2 Å². The average Bonchev–Trinajstić information content (AvgIpc) is 2.50. The largest absolute Gasteiger partial charge is 0.496 e. The van der Waals surface area contributed by atoms with E-state index >= 15 is 0 Å². The van der Waals surface area contributed by atoms with Crippen LogP contribution in [-0.4, -0.2) is 29.1 Å². The number of carbonyl (C=O) groups is 1. The van der Waals surface area contributed by atoms with Crippen LogP contribution >= 0.6 is 0 Å². The lowest BCUT2D eigenvalue weighted by molar-refractivity contribution is 0.0951.